The lowest BCUT2D eigenvalue weighted by Crippen LogP contribution is -2.08. The Balaban J connectivity index is 3.00. The largest absolute Gasteiger partial charge is 0.492 e. The SMILES string of the molecule is C=C(OCC)C(=N)c1cc(Br)ccc1N. The van der Waals surface area contributed by atoms with E-state index in [0.29, 0.717) is 23.6 Å². The van der Waals surface area contributed by atoms with Gasteiger partial charge in [-0.25, -0.2) is 0 Å². The molecule has 0 spiro atoms. The summed E-state index contributed by atoms with van der Waals surface area (Å²) in [6, 6.07) is 5.35. The van der Waals surface area contributed by atoms with Gasteiger partial charge in [-0.1, -0.05) is 22.5 Å². The van der Waals surface area contributed by atoms with Gasteiger partial charge in [-0.15, -0.1) is 0 Å². The summed E-state index contributed by atoms with van der Waals surface area (Å²) in [5.74, 6) is 0.335. The summed E-state index contributed by atoms with van der Waals surface area (Å²) >= 11 is 3.33. The topological polar surface area (TPSA) is 59.1 Å². The first kappa shape index (κ1) is 11.8. The van der Waals surface area contributed by atoms with Crippen molar-refractivity contribution in [1.29, 1.82) is 5.41 Å². The van der Waals surface area contributed by atoms with Crippen LogP contribution >= 0.6 is 15.9 Å². The molecule has 0 radical (unpaired) electrons. The number of ether oxygens (including phenoxy) is 1. The van der Waals surface area contributed by atoms with Crippen LogP contribution in [0.25, 0.3) is 0 Å². The number of hydrogen-bond donors (Lipinski definition) is 2. The fraction of sp³-hybridized carbons (Fsp3) is 0.182. The Morgan fingerprint density at radius 3 is 2.87 bits per heavy atom. The maximum atomic E-state index is 7.85. The summed E-state index contributed by atoms with van der Waals surface area (Å²) in [5.41, 5.74) is 7.16. The molecule has 0 atom stereocenters. The molecule has 15 heavy (non-hydrogen) atoms. The quantitative estimate of drug-likeness (QED) is 0.501. The predicted octanol–water partition coefficient (Wildman–Crippen LogP) is 2.95. The molecule has 80 valence electrons. The average molecular weight is 269 g/mol. The monoisotopic (exact) mass is 268 g/mol. The van der Waals surface area contributed by atoms with Gasteiger partial charge in [0, 0.05) is 15.7 Å². The minimum absolute atomic E-state index is 0.218. The maximum Gasteiger partial charge on any atom is 0.137 e. The van der Waals surface area contributed by atoms with Crippen LogP contribution in [0.5, 0.6) is 0 Å². The zero-order chi connectivity index (χ0) is 11.4. The molecule has 3 N–H and O–H groups in total. The van der Waals surface area contributed by atoms with Crippen molar-refractivity contribution in [3.05, 3.63) is 40.6 Å². The van der Waals surface area contributed by atoms with Gasteiger partial charge in [0.1, 0.15) is 11.5 Å². The van der Waals surface area contributed by atoms with Crippen molar-refractivity contribution in [2.24, 2.45) is 0 Å². The van der Waals surface area contributed by atoms with Gasteiger partial charge in [0.25, 0.3) is 0 Å². The first-order valence-corrected chi connectivity index (χ1v) is 5.31. The molecule has 0 saturated heterocycles. The first-order valence-electron chi connectivity index (χ1n) is 4.52. The molecule has 3 nitrogen and oxygen atoms in total. The number of nitrogens with two attached hydrogens (primary N) is 1. The molecule has 0 aliphatic rings. The highest BCUT2D eigenvalue weighted by molar-refractivity contribution is 9.10. The average Bonchev–Trinajstić information content (AvgIpc) is 2.21. The molecule has 0 aliphatic heterocycles. The van der Waals surface area contributed by atoms with E-state index in [1.54, 1.807) is 12.1 Å². The number of benzene rings is 1. The fourth-order valence-corrected chi connectivity index (χ4v) is 1.50. The van der Waals surface area contributed by atoms with Crippen LogP contribution in [0, 0.1) is 5.41 Å². The Morgan fingerprint density at radius 1 is 1.60 bits per heavy atom. The van der Waals surface area contributed by atoms with Crippen LogP contribution < -0.4 is 5.73 Å². The Labute approximate surface area is 97.6 Å². The molecule has 0 bridgehead atoms. The van der Waals surface area contributed by atoms with Crippen LogP contribution in [-0.2, 0) is 4.74 Å². The Morgan fingerprint density at radius 2 is 2.27 bits per heavy atom. The van der Waals surface area contributed by atoms with E-state index in [-0.39, 0.29) is 5.71 Å². The molecule has 0 saturated carbocycles. The van der Waals surface area contributed by atoms with E-state index >= 15 is 0 Å². The lowest BCUT2D eigenvalue weighted by Gasteiger charge is -2.10. The Hall–Kier alpha value is -1.29. The van der Waals surface area contributed by atoms with Crippen molar-refractivity contribution in [1.82, 2.24) is 0 Å². The van der Waals surface area contributed by atoms with Gasteiger partial charge < -0.3 is 10.5 Å². The van der Waals surface area contributed by atoms with Crippen LogP contribution in [0.4, 0.5) is 5.69 Å². The van der Waals surface area contributed by atoms with E-state index in [1.807, 2.05) is 13.0 Å². The Bertz CT molecular complexity index is 402. The van der Waals surface area contributed by atoms with Gasteiger partial charge in [-0.2, -0.15) is 0 Å². The van der Waals surface area contributed by atoms with Gasteiger partial charge in [-0.05, 0) is 25.1 Å². The second kappa shape index (κ2) is 4.98. The molecule has 0 aromatic heterocycles. The van der Waals surface area contributed by atoms with E-state index in [4.69, 9.17) is 15.9 Å². The molecule has 0 aliphatic carbocycles. The molecule has 4 heteroatoms. The maximum absolute atomic E-state index is 7.85. The zero-order valence-electron chi connectivity index (χ0n) is 8.51. The van der Waals surface area contributed by atoms with Crippen molar-refractivity contribution in [2.45, 2.75) is 6.92 Å². The minimum atomic E-state index is 0.218. The smallest absolute Gasteiger partial charge is 0.137 e. The van der Waals surface area contributed by atoms with Crippen molar-refractivity contribution in [3.63, 3.8) is 0 Å². The first-order chi connectivity index (χ1) is 7.06. The molecule has 0 heterocycles. The molecule has 1 rings (SSSR count). The van der Waals surface area contributed by atoms with E-state index in [0.717, 1.165) is 4.47 Å². The molecule has 0 fully saturated rings. The van der Waals surface area contributed by atoms with Crippen molar-refractivity contribution >= 4 is 27.3 Å². The number of nitrogen functional groups attached to an aromatic ring is 1. The van der Waals surface area contributed by atoms with Crippen molar-refractivity contribution in [2.75, 3.05) is 12.3 Å². The van der Waals surface area contributed by atoms with Gasteiger partial charge >= 0.3 is 0 Å². The number of hydrogen-bond acceptors (Lipinski definition) is 3. The van der Waals surface area contributed by atoms with Gasteiger partial charge in [0.05, 0.1) is 6.61 Å². The van der Waals surface area contributed by atoms with Crippen molar-refractivity contribution in [3.8, 4) is 0 Å². The third-order valence-electron chi connectivity index (χ3n) is 1.88. The fourth-order valence-electron chi connectivity index (χ4n) is 1.14. The molecular weight excluding hydrogens is 256 g/mol. The standard InChI is InChI=1S/C11H13BrN2O/c1-3-15-7(2)11(14)9-6-8(12)4-5-10(9)13/h4-6,14H,2-3,13H2,1H3. The molecule has 1 aromatic rings. The van der Waals surface area contributed by atoms with Crippen LogP contribution in [0.15, 0.2) is 35.0 Å². The highest BCUT2D eigenvalue weighted by Crippen LogP contribution is 2.21. The molecule has 1 aromatic carbocycles. The summed E-state index contributed by atoms with van der Waals surface area (Å²) in [6.07, 6.45) is 0. The zero-order valence-corrected chi connectivity index (χ0v) is 10.1. The highest BCUT2D eigenvalue weighted by Gasteiger charge is 2.10. The van der Waals surface area contributed by atoms with E-state index < -0.39 is 0 Å². The lowest BCUT2D eigenvalue weighted by atomic mass is 10.1. The highest BCUT2D eigenvalue weighted by atomic mass is 79.9. The number of halogens is 1. The number of allylic oxidation sites excluding steroid dienone is 1. The van der Waals surface area contributed by atoms with Crippen LogP contribution in [0.3, 0.4) is 0 Å². The molecule has 0 unspecified atom stereocenters. The second-order valence-corrected chi connectivity index (χ2v) is 3.88. The van der Waals surface area contributed by atoms with E-state index in [1.165, 1.54) is 0 Å². The van der Waals surface area contributed by atoms with E-state index in [2.05, 4.69) is 22.5 Å². The van der Waals surface area contributed by atoms with Gasteiger partial charge in [0.2, 0.25) is 0 Å². The normalized spacial score (nSPS) is 9.73. The third-order valence-corrected chi connectivity index (χ3v) is 2.38. The minimum Gasteiger partial charge on any atom is -0.492 e. The number of nitrogens with one attached hydrogen (secondary N) is 1. The van der Waals surface area contributed by atoms with Crippen molar-refractivity contribution < 1.29 is 4.74 Å². The van der Waals surface area contributed by atoms with Crippen LogP contribution in [-0.4, -0.2) is 12.3 Å². The third kappa shape index (κ3) is 2.83. The lowest BCUT2D eigenvalue weighted by molar-refractivity contribution is 0.251. The van der Waals surface area contributed by atoms with Gasteiger partial charge in [0.15, 0.2) is 0 Å². The van der Waals surface area contributed by atoms with Crippen LogP contribution in [0.2, 0.25) is 0 Å². The molecular formula is C11H13BrN2O. The summed E-state index contributed by atoms with van der Waals surface area (Å²) in [5, 5.41) is 7.85. The van der Waals surface area contributed by atoms with E-state index in [9.17, 15) is 0 Å². The number of rotatable bonds is 4. The summed E-state index contributed by atoms with van der Waals surface area (Å²) in [4.78, 5) is 0. The predicted molar refractivity (Wildman–Crippen MR) is 66.1 cm³/mol. The number of anilines is 1. The summed E-state index contributed by atoms with van der Waals surface area (Å²) < 4.78 is 6.04. The van der Waals surface area contributed by atoms with Gasteiger partial charge in [-0.3, -0.25) is 5.41 Å². The summed E-state index contributed by atoms with van der Waals surface area (Å²) in [7, 11) is 0. The molecule has 0 amide bonds. The second-order valence-electron chi connectivity index (χ2n) is 2.96. The summed E-state index contributed by atoms with van der Waals surface area (Å²) in [6.45, 7) is 6.02. The Kier molecular flexibility index (Phi) is 3.91. The van der Waals surface area contributed by atoms with Crippen LogP contribution in [0.1, 0.15) is 12.5 Å².